The van der Waals surface area contributed by atoms with Gasteiger partial charge >= 0.3 is 0 Å². The average Bonchev–Trinajstić information content (AvgIpc) is 2.83. The molecule has 96 valence electrons. The van der Waals surface area contributed by atoms with Crippen molar-refractivity contribution in [3.63, 3.8) is 0 Å². The van der Waals surface area contributed by atoms with E-state index in [2.05, 4.69) is 27.1 Å². The lowest BCUT2D eigenvalue weighted by molar-refractivity contribution is 0.167. The first-order valence-electron chi connectivity index (χ1n) is 6.73. The monoisotopic (exact) mass is 245 g/mol. The lowest BCUT2D eigenvalue weighted by Crippen LogP contribution is -2.36. The summed E-state index contributed by atoms with van der Waals surface area (Å²) >= 11 is 0. The first-order chi connectivity index (χ1) is 8.86. The SMILES string of the molecule is CCN1CCCC(Cn2nnc3cccnc32)C1. The lowest BCUT2D eigenvalue weighted by atomic mass is 9.98. The highest BCUT2D eigenvalue weighted by molar-refractivity contribution is 5.68. The zero-order valence-electron chi connectivity index (χ0n) is 10.8. The van der Waals surface area contributed by atoms with Crippen LogP contribution in [0.1, 0.15) is 19.8 Å². The van der Waals surface area contributed by atoms with Gasteiger partial charge in [-0.15, -0.1) is 5.10 Å². The first-order valence-corrected chi connectivity index (χ1v) is 6.73. The van der Waals surface area contributed by atoms with Gasteiger partial charge in [-0.25, -0.2) is 9.67 Å². The normalized spacial score (nSPS) is 21.5. The number of rotatable bonds is 3. The van der Waals surface area contributed by atoms with Crippen molar-refractivity contribution in [2.45, 2.75) is 26.3 Å². The smallest absolute Gasteiger partial charge is 0.178 e. The summed E-state index contributed by atoms with van der Waals surface area (Å²) in [5.74, 6) is 0.672. The van der Waals surface area contributed by atoms with Gasteiger partial charge in [0.15, 0.2) is 5.65 Å². The Hall–Kier alpha value is -1.49. The third-order valence-corrected chi connectivity index (χ3v) is 3.75. The predicted molar refractivity (Wildman–Crippen MR) is 70.2 cm³/mol. The minimum atomic E-state index is 0.672. The molecule has 0 saturated carbocycles. The number of piperidine rings is 1. The van der Waals surface area contributed by atoms with Crippen LogP contribution in [0.25, 0.3) is 11.2 Å². The summed E-state index contributed by atoms with van der Waals surface area (Å²) in [5.41, 5.74) is 1.80. The summed E-state index contributed by atoms with van der Waals surface area (Å²) in [6.45, 7) is 6.72. The number of aromatic nitrogens is 4. The molecule has 5 heteroatoms. The number of fused-ring (bicyclic) bond motifs is 1. The van der Waals surface area contributed by atoms with Crippen LogP contribution in [0.4, 0.5) is 0 Å². The summed E-state index contributed by atoms with van der Waals surface area (Å²) in [7, 11) is 0. The van der Waals surface area contributed by atoms with Gasteiger partial charge in [-0.3, -0.25) is 0 Å². The molecule has 0 radical (unpaired) electrons. The van der Waals surface area contributed by atoms with Crippen LogP contribution in [-0.4, -0.2) is 44.5 Å². The molecule has 2 aromatic rings. The number of hydrogen-bond donors (Lipinski definition) is 0. The number of pyridine rings is 1. The Morgan fingerprint density at radius 3 is 3.28 bits per heavy atom. The number of hydrogen-bond acceptors (Lipinski definition) is 4. The number of nitrogens with zero attached hydrogens (tertiary/aromatic N) is 5. The Morgan fingerprint density at radius 1 is 1.44 bits per heavy atom. The third-order valence-electron chi connectivity index (χ3n) is 3.75. The second-order valence-electron chi connectivity index (χ2n) is 5.02. The van der Waals surface area contributed by atoms with Crippen LogP contribution in [0.2, 0.25) is 0 Å². The van der Waals surface area contributed by atoms with Crippen LogP contribution in [0.15, 0.2) is 18.3 Å². The highest BCUT2D eigenvalue weighted by atomic mass is 15.4. The zero-order valence-corrected chi connectivity index (χ0v) is 10.8. The molecule has 0 spiro atoms. The van der Waals surface area contributed by atoms with E-state index in [9.17, 15) is 0 Å². The predicted octanol–water partition coefficient (Wildman–Crippen LogP) is 1.56. The molecule has 18 heavy (non-hydrogen) atoms. The van der Waals surface area contributed by atoms with E-state index < -0.39 is 0 Å². The molecule has 0 amide bonds. The molecule has 5 nitrogen and oxygen atoms in total. The standard InChI is InChI=1S/C13H19N5/c1-2-17-8-4-5-11(9-17)10-18-13-12(15-16-18)6-3-7-14-13/h3,6-7,11H,2,4-5,8-10H2,1H3. The van der Waals surface area contributed by atoms with Crippen molar-refractivity contribution >= 4 is 11.2 Å². The van der Waals surface area contributed by atoms with E-state index in [1.54, 1.807) is 6.20 Å². The fraction of sp³-hybridized carbons (Fsp3) is 0.615. The van der Waals surface area contributed by atoms with Crippen molar-refractivity contribution in [2.75, 3.05) is 19.6 Å². The largest absolute Gasteiger partial charge is 0.303 e. The zero-order chi connectivity index (χ0) is 12.4. The van der Waals surface area contributed by atoms with Crippen molar-refractivity contribution < 1.29 is 0 Å². The van der Waals surface area contributed by atoms with Crippen molar-refractivity contribution in [2.24, 2.45) is 5.92 Å². The molecule has 1 unspecified atom stereocenters. The van der Waals surface area contributed by atoms with Gasteiger partial charge in [0, 0.05) is 19.3 Å². The Labute approximate surface area is 107 Å². The van der Waals surface area contributed by atoms with E-state index in [0.717, 1.165) is 24.3 Å². The van der Waals surface area contributed by atoms with Gasteiger partial charge in [0.2, 0.25) is 0 Å². The fourth-order valence-electron chi connectivity index (χ4n) is 2.77. The van der Waals surface area contributed by atoms with Crippen LogP contribution in [0, 0.1) is 5.92 Å². The van der Waals surface area contributed by atoms with Gasteiger partial charge in [0.05, 0.1) is 0 Å². The Balaban J connectivity index is 1.76. The molecule has 1 aliphatic heterocycles. The Morgan fingerprint density at radius 2 is 2.39 bits per heavy atom. The maximum atomic E-state index is 4.37. The van der Waals surface area contributed by atoms with Crippen molar-refractivity contribution in [3.05, 3.63) is 18.3 Å². The molecule has 3 rings (SSSR count). The van der Waals surface area contributed by atoms with Crippen molar-refractivity contribution in [3.8, 4) is 0 Å². The molecule has 1 atom stereocenters. The van der Waals surface area contributed by atoms with Crippen molar-refractivity contribution in [1.82, 2.24) is 24.9 Å². The van der Waals surface area contributed by atoms with Crippen molar-refractivity contribution in [1.29, 1.82) is 0 Å². The van der Waals surface area contributed by atoms with Crippen LogP contribution < -0.4 is 0 Å². The molecule has 3 heterocycles. The topological polar surface area (TPSA) is 46.8 Å². The maximum Gasteiger partial charge on any atom is 0.178 e. The Kier molecular flexibility index (Phi) is 3.23. The van der Waals surface area contributed by atoms with Gasteiger partial charge in [0.1, 0.15) is 5.52 Å². The van der Waals surface area contributed by atoms with E-state index in [0.29, 0.717) is 5.92 Å². The molecular formula is C13H19N5. The quantitative estimate of drug-likeness (QED) is 0.823. The summed E-state index contributed by atoms with van der Waals surface area (Å²) in [5, 5.41) is 8.39. The summed E-state index contributed by atoms with van der Waals surface area (Å²) in [4.78, 5) is 6.88. The minimum Gasteiger partial charge on any atom is -0.303 e. The third kappa shape index (κ3) is 2.22. The van der Waals surface area contributed by atoms with Gasteiger partial charge in [0.25, 0.3) is 0 Å². The van der Waals surface area contributed by atoms with Gasteiger partial charge < -0.3 is 4.90 Å². The lowest BCUT2D eigenvalue weighted by Gasteiger charge is -2.31. The number of likely N-dealkylation sites (tertiary alicyclic amines) is 1. The summed E-state index contributed by atoms with van der Waals surface area (Å²) < 4.78 is 1.96. The van der Waals surface area contributed by atoms with E-state index in [1.165, 1.54) is 25.9 Å². The molecule has 1 fully saturated rings. The van der Waals surface area contributed by atoms with Crippen LogP contribution in [-0.2, 0) is 6.54 Å². The minimum absolute atomic E-state index is 0.672. The first kappa shape index (κ1) is 11.6. The van der Waals surface area contributed by atoms with Gasteiger partial charge in [-0.05, 0) is 44.0 Å². The summed E-state index contributed by atoms with van der Waals surface area (Å²) in [6.07, 6.45) is 4.38. The second-order valence-corrected chi connectivity index (χ2v) is 5.02. The van der Waals surface area contributed by atoms with Crippen LogP contribution in [0.3, 0.4) is 0 Å². The van der Waals surface area contributed by atoms with E-state index in [1.807, 2.05) is 16.8 Å². The molecule has 0 bridgehead atoms. The molecule has 0 aliphatic carbocycles. The van der Waals surface area contributed by atoms with Crippen LogP contribution >= 0.6 is 0 Å². The molecule has 0 N–H and O–H groups in total. The molecule has 2 aromatic heterocycles. The molecule has 0 aromatic carbocycles. The molecular weight excluding hydrogens is 226 g/mol. The molecule has 1 saturated heterocycles. The Bertz CT molecular complexity index is 521. The van der Waals surface area contributed by atoms with Gasteiger partial charge in [-0.2, -0.15) is 0 Å². The van der Waals surface area contributed by atoms with Gasteiger partial charge in [-0.1, -0.05) is 12.1 Å². The summed E-state index contributed by atoms with van der Waals surface area (Å²) in [6, 6.07) is 3.87. The highest BCUT2D eigenvalue weighted by Gasteiger charge is 2.20. The average molecular weight is 245 g/mol. The maximum absolute atomic E-state index is 4.37. The highest BCUT2D eigenvalue weighted by Crippen LogP contribution is 2.19. The van der Waals surface area contributed by atoms with E-state index >= 15 is 0 Å². The second kappa shape index (κ2) is 5.02. The fourth-order valence-corrected chi connectivity index (χ4v) is 2.77. The van der Waals surface area contributed by atoms with E-state index in [4.69, 9.17) is 0 Å². The van der Waals surface area contributed by atoms with E-state index in [-0.39, 0.29) is 0 Å². The molecule has 1 aliphatic rings. The van der Waals surface area contributed by atoms with Crippen LogP contribution in [0.5, 0.6) is 0 Å².